The summed E-state index contributed by atoms with van der Waals surface area (Å²) in [6, 6.07) is 23.3. The summed E-state index contributed by atoms with van der Waals surface area (Å²) in [5.41, 5.74) is 2.32. The Labute approximate surface area is 245 Å². The number of rotatable bonds is 10. The molecule has 2 aromatic carbocycles. The Kier molecular flexibility index (Phi) is 8.21. The molecule has 0 bridgehead atoms. The first-order chi connectivity index (χ1) is 20.1. The minimum Gasteiger partial charge on any atom is -0.377 e. The molecule has 216 valence electrons. The van der Waals surface area contributed by atoms with E-state index in [2.05, 4.69) is 9.97 Å². The summed E-state index contributed by atoms with van der Waals surface area (Å²) in [6.45, 7) is 2.56. The molecule has 0 fully saturated rings. The number of pyridine rings is 3. The molecule has 0 aliphatic carbocycles. The number of sulfonamides is 1. The molecule has 10 nitrogen and oxygen atoms in total. The molecule has 12 heteroatoms. The van der Waals surface area contributed by atoms with Gasteiger partial charge in [0.2, 0.25) is 10.0 Å². The van der Waals surface area contributed by atoms with Crippen molar-refractivity contribution in [1.29, 1.82) is 0 Å². The number of aromatic nitrogens is 3. The first-order valence-electron chi connectivity index (χ1n) is 13.0. The van der Waals surface area contributed by atoms with E-state index < -0.39 is 20.1 Å². The predicted molar refractivity (Wildman–Crippen MR) is 160 cm³/mol. The third-order valence-electron chi connectivity index (χ3n) is 6.52. The van der Waals surface area contributed by atoms with Crippen molar-refractivity contribution in [2.75, 3.05) is 19.0 Å². The standard InChI is InChI=1S/C30H29N5O5S2/c1-22-19-26-28(41(36,37)34(2)3)16-15-27(40-42(38,39)25-13-5-4-6-14-25)29(26)33-30(22)35(20-23-11-7-9-17-31-23)21-24-12-8-10-18-32-24/h4-19H,20-21H2,1-3H3. The van der Waals surface area contributed by atoms with Crippen molar-refractivity contribution >= 4 is 36.9 Å². The highest BCUT2D eigenvalue weighted by Gasteiger charge is 2.27. The Hall–Kier alpha value is -4.39. The van der Waals surface area contributed by atoms with Crippen molar-refractivity contribution < 1.29 is 21.0 Å². The molecule has 0 aliphatic heterocycles. The maximum absolute atomic E-state index is 13.3. The van der Waals surface area contributed by atoms with Gasteiger partial charge in [-0.1, -0.05) is 30.3 Å². The lowest BCUT2D eigenvalue weighted by molar-refractivity contribution is 0.488. The van der Waals surface area contributed by atoms with Crippen molar-refractivity contribution in [2.24, 2.45) is 0 Å². The van der Waals surface area contributed by atoms with Gasteiger partial charge in [0, 0.05) is 31.9 Å². The van der Waals surface area contributed by atoms with Crippen LogP contribution in [-0.4, -0.2) is 50.2 Å². The largest absolute Gasteiger partial charge is 0.377 e. The van der Waals surface area contributed by atoms with E-state index in [0.29, 0.717) is 24.5 Å². The lowest BCUT2D eigenvalue weighted by Gasteiger charge is -2.26. The molecule has 3 aromatic heterocycles. The van der Waals surface area contributed by atoms with Gasteiger partial charge in [-0.2, -0.15) is 8.42 Å². The average Bonchev–Trinajstić information content (AvgIpc) is 2.98. The molecule has 0 amide bonds. The van der Waals surface area contributed by atoms with Crippen LogP contribution in [0.2, 0.25) is 0 Å². The third kappa shape index (κ3) is 6.10. The molecule has 0 N–H and O–H groups in total. The summed E-state index contributed by atoms with van der Waals surface area (Å²) < 4.78 is 59.7. The summed E-state index contributed by atoms with van der Waals surface area (Å²) in [5, 5.41) is 0.237. The Morgan fingerprint density at radius 2 is 1.36 bits per heavy atom. The number of fused-ring (bicyclic) bond motifs is 1. The van der Waals surface area contributed by atoms with Gasteiger partial charge in [0.15, 0.2) is 5.75 Å². The van der Waals surface area contributed by atoms with Crippen LogP contribution >= 0.6 is 0 Å². The Bertz CT molecular complexity index is 1880. The first-order valence-corrected chi connectivity index (χ1v) is 15.8. The van der Waals surface area contributed by atoms with Gasteiger partial charge in [0.1, 0.15) is 16.2 Å². The molecule has 0 atom stereocenters. The minimum atomic E-state index is -4.24. The van der Waals surface area contributed by atoms with Crippen LogP contribution in [0.25, 0.3) is 10.9 Å². The highest BCUT2D eigenvalue weighted by Crippen LogP contribution is 2.36. The van der Waals surface area contributed by atoms with Gasteiger partial charge < -0.3 is 9.08 Å². The molecule has 5 aromatic rings. The van der Waals surface area contributed by atoms with Gasteiger partial charge >= 0.3 is 10.1 Å². The summed E-state index contributed by atoms with van der Waals surface area (Å²) in [4.78, 5) is 15.7. The number of anilines is 1. The van der Waals surface area contributed by atoms with Gasteiger partial charge in [0.05, 0.1) is 29.4 Å². The number of nitrogens with zero attached hydrogens (tertiary/aromatic N) is 5. The summed E-state index contributed by atoms with van der Waals surface area (Å²) in [7, 11) is -5.29. The van der Waals surface area contributed by atoms with Crippen molar-refractivity contribution in [2.45, 2.75) is 29.8 Å². The van der Waals surface area contributed by atoms with Crippen LogP contribution in [0.1, 0.15) is 17.0 Å². The van der Waals surface area contributed by atoms with Gasteiger partial charge in [-0.3, -0.25) is 9.97 Å². The number of hydrogen-bond acceptors (Lipinski definition) is 9. The van der Waals surface area contributed by atoms with Crippen LogP contribution in [0.15, 0.2) is 107 Å². The average molecular weight is 604 g/mol. The maximum atomic E-state index is 13.3. The zero-order valence-corrected chi connectivity index (χ0v) is 24.9. The van der Waals surface area contributed by atoms with E-state index >= 15 is 0 Å². The highest BCUT2D eigenvalue weighted by atomic mass is 32.2. The van der Waals surface area contributed by atoms with Crippen LogP contribution < -0.4 is 9.08 Å². The summed E-state index contributed by atoms with van der Waals surface area (Å²) in [6.07, 6.45) is 3.40. The quantitative estimate of drug-likeness (QED) is 0.211. The van der Waals surface area contributed by atoms with Crippen LogP contribution in [0.3, 0.4) is 0 Å². The van der Waals surface area contributed by atoms with Crippen LogP contribution in [0.5, 0.6) is 5.75 Å². The van der Waals surface area contributed by atoms with Gasteiger partial charge in [-0.05, 0) is 67.1 Å². The van der Waals surface area contributed by atoms with Crippen LogP contribution in [-0.2, 0) is 33.2 Å². The molecule has 3 heterocycles. The van der Waals surface area contributed by atoms with E-state index in [1.165, 1.54) is 38.4 Å². The molecule has 0 saturated heterocycles. The van der Waals surface area contributed by atoms with Crippen LogP contribution in [0, 0.1) is 6.92 Å². The van der Waals surface area contributed by atoms with E-state index in [4.69, 9.17) is 9.17 Å². The molecule has 42 heavy (non-hydrogen) atoms. The molecule has 0 unspecified atom stereocenters. The SMILES string of the molecule is Cc1cc2c(S(=O)(=O)N(C)C)ccc(OS(=O)(=O)c3ccccc3)c2nc1N(Cc1ccccn1)Cc1ccccn1. The number of aryl methyl sites for hydroxylation is 1. The Morgan fingerprint density at radius 3 is 1.90 bits per heavy atom. The predicted octanol–water partition coefficient (Wildman–Crippen LogP) is 4.56. The van der Waals surface area contributed by atoms with Gasteiger partial charge in [0.25, 0.3) is 0 Å². The molecule has 0 spiro atoms. The molecule has 0 saturated carbocycles. The Morgan fingerprint density at radius 1 is 0.762 bits per heavy atom. The maximum Gasteiger partial charge on any atom is 0.339 e. The fraction of sp³-hybridized carbons (Fsp3) is 0.167. The van der Waals surface area contributed by atoms with E-state index in [-0.39, 0.29) is 26.4 Å². The monoisotopic (exact) mass is 603 g/mol. The van der Waals surface area contributed by atoms with E-state index in [1.807, 2.05) is 48.2 Å². The van der Waals surface area contributed by atoms with Gasteiger partial charge in [-0.25, -0.2) is 17.7 Å². The summed E-state index contributed by atoms with van der Waals surface area (Å²) >= 11 is 0. The molecule has 0 radical (unpaired) electrons. The van der Waals surface area contributed by atoms with Crippen molar-refractivity contribution in [3.63, 3.8) is 0 Å². The van der Waals surface area contributed by atoms with E-state index in [1.54, 1.807) is 36.7 Å². The zero-order chi connectivity index (χ0) is 29.9. The molecule has 5 rings (SSSR count). The third-order valence-corrected chi connectivity index (χ3v) is 9.64. The Balaban J connectivity index is 1.71. The fourth-order valence-corrected chi connectivity index (χ4v) is 6.47. The molecule has 0 aliphatic rings. The molecular weight excluding hydrogens is 574 g/mol. The second-order valence-electron chi connectivity index (χ2n) is 9.72. The second kappa shape index (κ2) is 11.8. The zero-order valence-electron chi connectivity index (χ0n) is 23.2. The van der Waals surface area contributed by atoms with Gasteiger partial charge in [-0.15, -0.1) is 0 Å². The smallest absolute Gasteiger partial charge is 0.339 e. The lowest BCUT2D eigenvalue weighted by Crippen LogP contribution is -2.25. The fourth-order valence-electron chi connectivity index (χ4n) is 4.44. The summed E-state index contributed by atoms with van der Waals surface area (Å²) in [5.74, 6) is 0.406. The van der Waals surface area contributed by atoms with Crippen LogP contribution in [0.4, 0.5) is 5.82 Å². The van der Waals surface area contributed by atoms with Crippen molar-refractivity contribution in [3.8, 4) is 5.75 Å². The second-order valence-corrected chi connectivity index (χ2v) is 13.4. The normalized spacial score (nSPS) is 12.0. The topological polar surface area (TPSA) is 123 Å². The van der Waals surface area contributed by atoms with E-state index in [0.717, 1.165) is 15.7 Å². The van der Waals surface area contributed by atoms with E-state index in [9.17, 15) is 16.8 Å². The lowest BCUT2D eigenvalue weighted by atomic mass is 10.1. The molecular formula is C30H29N5O5S2. The number of hydrogen-bond donors (Lipinski definition) is 0. The van der Waals surface area contributed by atoms with Crippen molar-refractivity contribution in [1.82, 2.24) is 19.3 Å². The first kappa shape index (κ1) is 29.1. The highest BCUT2D eigenvalue weighted by molar-refractivity contribution is 7.89. The van der Waals surface area contributed by atoms with Crippen molar-refractivity contribution in [3.05, 3.63) is 114 Å². The number of benzene rings is 2. The minimum absolute atomic E-state index is 0.0184.